The van der Waals surface area contributed by atoms with Crippen molar-refractivity contribution in [2.24, 2.45) is 0 Å². The molecule has 0 unspecified atom stereocenters. The smallest absolute Gasteiger partial charge is 0.305 e. The van der Waals surface area contributed by atoms with Crippen molar-refractivity contribution in [3.63, 3.8) is 0 Å². The normalized spacial score (nSPS) is 15.5. The first kappa shape index (κ1) is 27.9. The van der Waals surface area contributed by atoms with Crippen LogP contribution in [0.1, 0.15) is 16.8 Å². The number of pyridine rings is 1. The molecule has 1 aliphatic rings. The molecule has 0 bridgehead atoms. The van der Waals surface area contributed by atoms with Crippen LogP contribution in [0.5, 0.6) is 0 Å². The van der Waals surface area contributed by atoms with Crippen molar-refractivity contribution in [2.75, 3.05) is 29.5 Å². The number of nitrogens with zero attached hydrogens (tertiary/aromatic N) is 3. The van der Waals surface area contributed by atoms with Gasteiger partial charge in [-0.25, -0.2) is 0 Å². The number of carbonyl (C=O) groups excluding carboxylic acids is 5. The molecule has 2 aromatic carbocycles. The first-order valence-electron chi connectivity index (χ1n) is 12.2. The highest BCUT2D eigenvalue weighted by atomic mass is 16.4. The average molecular weight is 548 g/mol. The number of aliphatic hydroxyl groups excluding tert-OH is 1. The van der Waals surface area contributed by atoms with Crippen LogP contribution in [0.4, 0.5) is 11.4 Å². The minimum absolute atomic E-state index is 0.136. The van der Waals surface area contributed by atoms with E-state index in [1.54, 1.807) is 36.4 Å². The number of fused-ring (bicyclic) bond motifs is 2. The zero-order chi connectivity index (χ0) is 28.8. The van der Waals surface area contributed by atoms with Gasteiger partial charge in [-0.15, -0.1) is 0 Å². The Hall–Kier alpha value is -5.17. The molecule has 4 amide bonds. The van der Waals surface area contributed by atoms with E-state index >= 15 is 0 Å². The number of aldehydes is 1. The first-order chi connectivity index (χ1) is 19.2. The fourth-order valence-corrected chi connectivity index (χ4v) is 4.43. The SMILES string of the molecule is O=C[C@H](CC(=O)O)NC(=O)CN1C(=O)[C@@H](NC(=O)c2ccnc3ccccc23)CN(C(=O)CO)c2ccccc21. The number of hydrogen-bond donors (Lipinski definition) is 4. The number of anilines is 2. The molecule has 3 aromatic rings. The van der Waals surface area contributed by atoms with Gasteiger partial charge in [0.15, 0.2) is 0 Å². The summed E-state index contributed by atoms with van der Waals surface area (Å²) in [6, 6.07) is 11.9. The monoisotopic (exact) mass is 547 g/mol. The van der Waals surface area contributed by atoms with Crippen LogP contribution in [-0.4, -0.2) is 82.9 Å². The summed E-state index contributed by atoms with van der Waals surface area (Å²) in [7, 11) is 0. The van der Waals surface area contributed by atoms with Gasteiger partial charge < -0.3 is 30.5 Å². The second kappa shape index (κ2) is 12.1. The van der Waals surface area contributed by atoms with Gasteiger partial charge in [0.1, 0.15) is 25.5 Å². The predicted octanol–water partition coefficient (Wildman–Crippen LogP) is -0.136. The van der Waals surface area contributed by atoms with Crippen molar-refractivity contribution < 1.29 is 39.0 Å². The number of aliphatic hydroxyl groups is 1. The summed E-state index contributed by atoms with van der Waals surface area (Å²) in [5, 5.41) is 24.0. The number of carboxylic acids is 1. The summed E-state index contributed by atoms with van der Waals surface area (Å²) in [5.41, 5.74) is 1.12. The van der Waals surface area contributed by atoms with E-state index in [0.29, 0.717) is 10.9 Å². The molecule has 40 heavy (non-hydrogen) atoms. The number of para-hydroxylation sites is 3. The highest BCUT2D eigenvalue weighted by Gasteiger charge is 2.38. The van der Waals surface area contributed by atoms with E-state index in [0.717, 1.165) is 9.80 Å². The van der Waals surface area contributed by atoms with E-state index in [9.17, 15) is 33.9 Å². The lowest BCUT2D eigenvalue weighted by Gasteiger charge is -2.25. The van der Waals surface area contributed by atoms with Crippen LogP contribution < -0.4 is 20.4 Å². The van der Waals surface area contributed by atoms with E-state index < -0.39 is 61.3 Å². The molecule has 0 aliphatic carbocycles. The number of benzene rings is 2. The molecule has 0 saturated heterocycles. The third-order valence-corrected chi connectivity index (χ3v) is 6.23. The molecule has 13 nitrogen and oxygen atoms in total. The van der Waals surface area contributed by atoms with E-state index in [1.807, 2.05) is 0 Å². The molecule has 206 valence electrons. The number of nitrogens with one attached hydrogen (secondary N) is 2. The number of aromatic nitrogens is 1. The van der Waals surface area contributed by atoms with Gasteiger partial charge in [-0.3, -0.25) is 33.9 Å². The average Bonchev–Trinajstić information content (AvgIpc) is 3.06. The van der Waals surface area contributed by atoms with Crippen molar-refractivity contribution >= 4 is 58.2 Å². The molecule has 2 heterocycles. The van der Waals surface area contributed by atoms with Crippen LogP contribution in [0.2, 0.25) is 0 Å². The number of amides is 4. The minimum atomic E-state index is -1.35. The Labute approximate surface area is 227 Å². The summed E-state index contributed by atoms with van der Waals surface area (Å²) in [6.45, 7) is -1.88. The van der Waals surface area contributed by atoms with Crippen molar-refractivity contribution in [1.82, 2.24) is 15.6 Å². The van der Waals surface area contributed by atoms with E-state index in [4.69, 9.17) is 5.11 Å². The molecular formula is C27H25N5O8. The van der Waals surface area contributed by atoms with Crippen LogP contribution in [0.3, 0.4) is 0 Å². The van der Waals surface area contributed by atoms with Crippen LogP contribution in [0.25, 0.3) is 10.9 Å². The third-order valence-electron chi connectivity index (χ3n) is 6.23. The predicted molar refractivity (Wildman–Crippen MR) is 141 cm³/mol. The quantitative estimate of drug-likeness (QED) is 0.265. The van der Waals surface area contributed by atoms with Gasteiger partial charge in [-0.05, 0) is 24.3 Å². The topological polar surface area (TPSA) is 186 Å². The molecule has 0 saturated carbocycles. The van der Waals surface area contributed by atoms with Gasteiger partial charge in [-0.2, -0.15) is 0 Å². The Morgan fingerprint density at radius 2 is 1.75 bits per heavy atom. The largest absolute Gasteiger partial charge is 0.481 e. The molecule has 4 N–H and O–H groups in total. The van der Waals surface area contributed by atoms with Crippen molar-refractivity contribution in [3.8, 4) is 0 Å². The lowest BCUT2D eigenvalue weighted by atomic mass is 10.1. The number of aliphatic carboxylic acids is 1. The van der Waals surface area contributed by atoms with Gasteiger partial charge in [0, 0.05) is 11.6 Å². The highest BCUT2D eigenvalue weighted by Crippen LogP contribution is 2.33. The molecule has 13 heteroatoms. The number of hydrogen-bond acceptors (Lipinski definition) is 8. The number of rotatable bonds is 9. The molecule has 2 atom stereocenters. The van der Waals surface area contributed by atoms with Crippen LogP contribution in [-0.2, 0) is 24.0 Å². The number of carboxylic acid groups (broad SMARTS) is 1. The second-order valence-corrected chi connectivity index (χ2v) is 8.89. The molecular weight excluding hydrogens is 522 g/mol. The summed E-state index contributed by atoms with van der Waals surface area (Å²) in [4.78, 5) is 81.4. The Balaban J connectivity index is 1.69. The molecule has 1 aromatic heterocycles. The standard InChI is InChI=1S/C27H25N5O8/c33-14-16(11-25(37)38)29-23(35)13-32-22-8-4-3-7-21(22)31(24(36)15-34)12-20(27(32)40)30-26(39)18-9-10-28-19-6-2-1-5-17(18)19/h1-10,14,16,20,34H,11-13,15H2,(H,29,35)(H,30,39)(H,37,38)/t16-,20-/m0/s1. The zero-order valence-corrected chi connectivity index (χ0v) is 21.0. The Morgan fingerprint density at radius 1 is 1.05 bits per heavy atom. The van der Waals surface area contributed by atoms with E-state index in [-0.39, 0.29) is 29.8 Å². The summed E-state index contributed by atoms with van der Waals surface area (Å²) in [6.07, 6.45) is 1.06. The zero-order valence-electron chi connectivity index (χ0n) is 21.0. The minimum Gasteiger partial charge on any atom is -0.481 e. The molecule has 0 spiro atoms. The maximum absolute atomic E-state index is 13.8. The molecule has 0 radical (unpaired) electrons. The van der Waals surface area contributed by atoms with Gasteiger partial charge in [0.2, 0.25) is 5.91 Å². The second-order valence-electron chi connectivity index (χ2n) is 8.89. The summed E-state index contributed by atoms with van der Waals surface area (Å²) >= 11 is 0. The lowest BCUT2D eigenvalue weighted by molar-refractivity contribution is -0.139. The van der Waals surface area contributed by atoms with Crippen molar-refractivity contribution in [2.45, 2.75) is 18.5 Å². The van der Waals surface area contributed by atoms with Gasteiger partial charge in [0.25, 0.3) is 17.7 Å². The fourth-order valence-electron chi connectivity index (χ4n) is 4.43. The Bertz CT molecular complexity index is 1490. The fraction of sp³-hybridized carbons (Fsp3) is 0.222. The third kappa shape index (κ3) is 5.94. The molecule has 4 rings (SSSR count). The van der Waals surface area contributed by atoms with Crippen LogP contribution in [0.15, 0.2) is 60.8 Å². The lowest BCUT2D eigenvalue weighted by Crippen LogP contribution is -2.55. The maximum Gasteiger partial charge on any atom is 0.305 e. The molecule has 0 fully saturated rings. The van der Waals surface area contributed by atoms with Crippen LogP contribution >= 0.6 is 0 Å². The van der Waals surface area contributed by atoms with Crippen molar-refractivity contribution in [3.05, 3.63) is 66.4 Å². The molecule has 1 aliphatic heterocycles. The van der Waals surface area contributed by atoms with Gasteiger partial charge >= 0.3 is 5.97 Å². The summed E-state index contributed by atoms with van der Waals surface area (Å²) < 4.78 is 0. The van der Waals surface area contributed by atoms with Gasteiger partial charge in [0.05, 0.1) is 41.5 Å². The number of carbonyl (C=O) groups is 6. The van der Waals surface area contributed by atoms with E-state index in [1.165, 1.54) is 24.4 Å². The Kier molecular flexibility index (Phi) is 8.45. The highest BCUT2D eigenvalue weighted by molar-refractivity contribution is 6.12. The summed E-state index contributed by atoms with van der Waals surface area (Å²) in [5.74, 6) is -4.27. The Morgan fingerprint density at radius 3 is 2.45 bits per heavy atom. The van der Waals surface area contributed by atoms with Crippen LogP contribution in [0, 0.1) is 0 Å². The van der Waals surface area contributed by atoms with Gasteiger partial charge in [-0.1, -0.05) is 30.3 Å². The van der Waals surface area contributed by atoms with Crippen molar-refractivity contribution in [1.29, 1.82) is 0 Å². The maximum atomic E-state index is 13.8. The first-order valence-corrected chi connectivity index (χ1v) is 12.2. The van der Waals surface area contributed by atoms with E-state index in [2.05, 4.69) is 15.6 Å².